The van der Waals surface area contributed by atoms with Gasteiger partial charge in [0.25, 0.3) is 5.91 Å². The molecule has 0 spiro atoms. The summed E-state index contributed by atoms with van der Waals surface area (Å²) in [5.41, 5.74) is 1.55. The number of amides is 1. The number of carbonyl (C=O) groups is 1. The van der Waals surface area contributed by atoms with Gasteiger partial charge in [-0.3, -0.25) is 4.79 Å². The van der Waals surface area contributed by atoms with Gasteiger partial charge in [-0.1, -0.05) is 37.6 Å². The summed E-state index contributed by atoms with van der Waals surface area (Å²) in [6.07, 6.45) is 0.835. The van der Waals surface area contributed by atoms with Crippen LogP contribution in [0.25, 0.3) is 0 Å². The Balaban J connectivity index is 2.20. The van der Waals surface area contributed by atoms with Crippen molar-refractivity contribution in [1.29, 1.82) is 0 Å². The molecule has 1 unspecified atom stereocenters. The molecule has 0 aromatic heterocycles. The summed E-state index contributed by atoms with van der Waals surface area (Å²) in [6.45, 7) is 4.26. The number of methoxy groups -OCH3 is 2. The van der Waals surface area contributed by atoms with Crippen molar-refractivity contribution >= 4 is 17.5 Å². The van der Waals surface area contributed by atoms with Gasteiger partial charge in [0.1, 0.15) is 11.5 Å². The van der Waals surface area contributed by atoms with Crippen molar-refractivity contribution in [3.05, 3.63) is 58.6 Å². The summed E-state index contributed by atoms with van der Waals surface area (Å²) in [5.74, 6) is 1.62. The van der Waals surface area contributed by atoms with E-state index in [0.717, 1.165) is 17.7 Å². The van der Waals surface area contributed by atoms with E-state index in [4.69, 9.17) is 21.1 Å². The molecule has 0 aliphatic rings. The predicted octanol–water partition coefficient (Wildman–Crippen LogP) is 4.87. The number of rotatable bonds is 7. The first-order valence-electron chi connectivity index (χ1n) is 8.23. The van der Waals surface area contributed by atoms with Crippen molar-refractivity contribution in [2.45, 2.75) is 26.3 Å². The Bertz CT molecular complexity index is 713. The molecule has 0 aliphatic heterocycles. The third-order valence-electron chi connectivity index (χ3n) is 3.94. The molecule has 25 heavy (non-hydrogen) atoms. The molecule has 0 fully saturated rings. The van der Waals surface area contributed by atoms with Gasteiger partial charge in [0.05, 0.1) is 25.3 Å². The molecular formula is C20H24ClNO3. The smallest absolute Gasteiger partial charge is 0.251 e. The van der Waals surface area contributed by atoms with Crippen molar-refractivity contribution in [2.24, 2.45) is 5.92 Å². The minimum atomic E-state index is -0.161. The molecular weight excluding hydrogens is 338 g/mol. The van der Waals surface area contributed by atoms with Gasteiger partial charge in [-0.05, 0) is 48.2 Å². The van der Waals surface area contributed by atoms with Crippen LogP contribution in [-0.4, -0.2) is 20.1 Å². The average Bonchev–Trinajstić information content (AvgIpc) is 2.60. The molecule has 1 amide bonds. The Morgan fingerprint density at radius 2 is 1.76 bits per heavy atom. The number of ether oxygens (including phenoxy) is 2. The molecule has 0 aliphatic carbocycles. The van der Waals surface area contributed by atoms with E-state index in [-0.39, 0.29) is 11.9 Å². The van der Waals surface area contributed by atoms with Gasteiger partial charge in [0.15, 0.2) is 0 Å². The fourth-order valence-corrected chi connectivity index (χ4v) is 2.89. The second-order valence-electron chi connectivity index (χ2n) is 6.28. The molecule has 0 radical (unpaired) electrons. The standard InChI is InChI=1S/C20H24ClNO3/c1-13(2)11-18(14-5-8-16(24-3)9-6-14)22-20(23)15-7-10-19(25-4)17(21)12-15/h5-10,12-13,18H,11H2,1-4H3,(H,22,23). The number of hydrogen-bond acceptors (Lipinski definition) is 3. The number of hydrogen-bond donors (Lipinski definition) is 1. The molecule has 0 bridgehead atoms. The third kappa shape index (κ3) is 5.13. The fraction of sp³-hybridized carbons (Fsp3) is 0.350. The third-order valence-corrected chi connectivity index (χ3v) is 4.24. The van der Waals surface area contributed by atoms with E-state index in [0.29, 0.717) is 22.3 Å². The van der Waals surface area contributed by atoms with Crippen LogP contribution in [0.5, 0.6) is 11.5 Å². The Labute approximate surface area is 154 Å². The summed E-state index contributed by atoms with van der Waals surface area (Å²) < 4.78 is 10.3. The van der Waals surface area contributed by atoms with Crippen molar-refractivity contribution in [3.63, 3.8) is 0 Å². The monoisotopic (exact) mass is 361 g/mol. The molecule has 134 valence electrons. The fourth-order valence-electron chi connectivity index (χ4n) is 2.64. The molecule has 0 saturated heterocycles. The zero-order valence-electron chi connectivity index (χ0n) is 15.0. The molecule has 2 aromatic carbocycles. The van der Waals surface area contributed by atoms with Crippen LogP contribution in [0.15, 0.2) is 42.5 Å². The van der Waals surface area contributed by atoms with E-state index in [2.05, 4.69) is 19.2 Å². The van der Waals surface area contributed by atoms with Gasteiger partial charge < -0.3 is 14.8 Å². The summed E-state index contributed by atoms with van der Waals surface area (Å²) in [4.78, 5) is 12.6. The van der Waals surface area contributed by atoms with Crippen LogP contribution in [0.4, 0.5) is 0 Å². The molecule has 4 nitrogen and oxygen atoms in total. The van der Waals surface area contributed by atoms with Gasteiger partial charge in [-0.15, -0.1) is 0 Å². The Morgan fingerprint density at radius 3 is 2.28 bits per heavy atom. The Hall–Kier alpha value is -2.20. The predicted molar refractivity (Wildman–Crippen MR) is 101 cm³/mol. The van der Waals surface area contributed by atoms with Crippen LogP contribution >= 0.6 is 11.6 Å². The number of halogens is 1. The van der Waals surface area contributed by atoms with E-state index in [9.17, 15) is 4.79 Å². The molecule has 0 saturated carbocycles. The van der Waals surface area contributed by atoms with Gasteiger partial charge >= 0.3 is 0 Å². The second-order valence-corrected chi connectivity index (χ2v) is 6.69. The van der Waals surface area contributed by atoms with Crippen molar-refractivity contribution in [3.8, 4) is 11.5 Å². The topological polar surface area (TPSA) is 47.6 Å². The largest absolute Gasteiger partial charge is 0.497 e. The molecule has 2 rings (SSSR count). The maximum Gasteiger partial charge on any atom is 0.251 e. The lowest BCUT2D eigenvalue weighted by molar-refractivity contribution is 0.0932. The van der Waals surface area contributed by atoms with Crippen LogP contribution < -0.4 is 14.8 Å². The van der Waals surface area contributed by atoms with Gasteiger partial charge in [-0.2, -0.15) is 0 Å². The number of benzene rings is 2. The highest BCUT2D eigenvalue weighted by Crippen LogP contribution is 2.27. The van der Waals surface area contributed by atoms with Gasteiger partial charge in [-0.25, -0.2) is 0 Å². The molecule has 5 heteroatoms. The van der Waals surface area contributed by atoms with E-state index >= 15 is 0 Å². The lowest BCUT2D eigenvalue weighted by Gasteiger charge is -2.21. The maximum absolute atomic E-state index is 12.6. The van der Waals surface area contributed by atoms with E-state index in [1.54, 1.807) is 32.4 Å². The highest BCUT2D eigenvalue weighted by atomic mass is 35.5. The number of nitrogens with one attached hydrogen (secondary N) is 1. The molecule has 1 atom stereocenters. The zero-order chi connectivity index (χ0) is 18.4. The van der Waals surface area contributed by atoms with E-state index in [1.165, 1.54) is 0 Å². The molecule has 0 heterocycles. The zero-order valence-corrected chi connectivity index (χ0v) is 15.8. The van der Waals surface area contributed by atoms with Crippen molar-refractivity contribution in [2.75, 3.05) is 14.2 Å². The normalized spacial score (nSPS) is 11.9. The highest BCUT2D eigenvalue weighted by Gasteiger charge is 2.18. The van der Waals surface area contributed by atoms with Crippen molar-refractivity contribution in [1.82, 2.24) is 5.32 Å². The van der Waals surface area contributed by atoms with Gasteiger partial charge in [0.2, 0.25) is 0 Å². The van der Waals surface area contributed by atoms with Crippen LogP contribution in [0.1, 0.15) is 42.2 Å². The summed E-state index contributed by atoms with van der Waals surface area (Å²) >= 11 is 6.13. The molecule has 2 aromatic rings. The first-order valence-corrected chi connectivity index (χ1v) is 8.60. The summed E-state index contributed by atoms with van der Waals surface area (Å²) in [7, 11) is 3.18. The maximum atomic E-state index is 12.6. The summed E-state index contributed by atoms with van der Waals surface area (Å²) in [6, 6.07) is 12.7. The number of carbonyl (C=O) groups excluding carboxylic acids is 1. The van der Waals surface area contributed by atoms with Gasteiger partial charge in [0, 0.05) is 5.56 Å². The SMILES string of the molecule is COc1ccc(C(CC(C)C)NC(=O)c2ccc(OC)c(Cl)c2)cc1. The first kappa shape index (κ1) is 19.1. The van der Waals surface area contributed by atoms with Crippen LogP contribution in [0, 0.1) is 5.92 Å². The minimum absolute atomic E-state index is 0.0840. The van der Waals surface area contributed by atoms with E-state index in [1.807, 2.05) is 24.3 Å². The van der Waals surface area contributed by atoms with Crippen LogP contribution in [0.2, 0.25) is 5.02 Å². The Kier molecular flexibility index (Phi) is 6.71. The molecule has 1 N–H and O–H groups in total. The average molecular weight is 362 g/mol. The first-order chi connectivity index (χ1) is 11.9. The minimum Gasteiger partial charge on any atom is -0.497 e. The second kappa shape index (κ2) is 8.77. The van der Waals surface area contributed by atoms with Crippen LogP contribution in [-0.2, 0) is 0 Å². The highest BCUT2D eigenvalue weighted by molar-refractivity contribution is 6.32. The van der Waals surface area contributed by atoms with E-state index < -0.39 is 0 Å². The Morgan fingerprint density at radius 1 is 1.08 bits per heavy atom. The van der Waals surface area contributed by atoms with Crippen LogP contribution in [0.3, 0.4) is 0 Å². The summed E-state index contributed by atoms with van der Waals surface area (Å²) in [5, 5.41) is 3.52. The van der Waals surface area contributed by atoms with Crippen molar-refractivity contribution < 1.29 is 14.3 Å². The lowest BCUT2D eigenvalue weighted by Crippen LogP contribution is -2.29. The quantitative estimate of drug-likeness (QED) is 0.765. The lowest BCUT2D eigenvalue weighted by atomic mass is 9.96.